The maximum absolute atomic E-state index is 11.9. The first-order chi connectivity index (χ1) is 7.87. The van der Waals surface area contributed by atoms with E-state index in [1.807, 2.05) is 6.92 Å². The molecule has 0 heterocycles. The number of fused-ring (bicyclic) bond motifs is 1. The Labute approximate surface area is 103 Å². The molecule has 0 amide bonds. The molecule has 2 nitrogen and oxygen atoms in total. The molecule has 17 heavy (non-hydrogen) atoms. The Morgan fingerprint density at radius 3 is 2.47 bits per heavy atom. The normalized spacial score (nSPS) is 55.9. The van der Waals surface area contributed by atoms with Crippen LogP contribution in [0, 0.1) is 28.1 Å². The van der Waals surface area contributed by atoms with E-state index < -0.39 is 11.4 Å². The first-order valence-corrected chi connectivity index (χ1v) is 6.81. The summed E-state index contributed by atoms with van der Waals surface area (Å²) in [5.74, 6) is 0.394. The van der Waals surface area contributed by atoms with Crippen molar-refractivity contribution in [2.75, 3.05) is 0 Å². The number of hydrogen-bond donors (Lipinski definition) is 1. The second-order valence-electron chi connectivity index (χ2n) is 6.90. The molecule has 0 unspecified atom stereocenters. The van der Waals surface area contributed by atoms with E-state index in [0.29, 0.717) is 11.8 Å². The van der Waals surface area contributed by atoms with Crippen LogP contribution >= 0.6 is 0 Å². The van der Waals surface area contributed by atoms with Gasteiger partial charge in [-0.25, -0.2) is 0 Å². The lowest BCUT2D eigenvalue weighted by atomic mass is 9.42. The van der Waals surface area contributed by atoms with Gasteiger partial charge in [-0.05, 0) is 49.9 Å². The monoisotopic (exact) mass is 234 g/mol. The molecule has 1 spiro atoms. The molecule has 1 N–H and O–H groups in total. The summed E-state index contributed by atoms with van der Waals surface area (Å²) < 4.78 is 0. The van der Waals surface area contributed by atoms with E-state index >= 15 is 0 Å². The Balaban J connectivity index is 2.20. The van der Waals surface area contributed by atoms with Crippen LogP contribution in [0.25, 0.3) is 0 Å². The van der Waals surface area contributed by atoms with Gasteiger partial charge in [0.25, 0.3) is 0 Å². The summed E-state index contributed by atoms with van der Waals surface area (Å²) in [5, 5.41) is 9.78. The summed E-state index contributed by atoms with van der Waals surface area (Å²) in [6.45, 7) is 6.44. The summed E-state index contributed by atoms with van der Waals surface area (Å²) in [4.78, 5) is 11.9. The van der Waals surface area contributed by atoms with Gasteiger partial charge in [-0.2, -0.15) is 0 Å². The van der Waals surface area contributed by atoms with Crippen LogP contribution in [0.15, 0.2) is 12.2 Å². The van der Waals surface area contributed by atoms with E-state index in [-0.39, 0.29) is 10.8 Å². The summed E-state index contributed by atoms with van der Waals surface area (Å²) in [5.41, 5.74) is -0.523. The molecule has 0 saturated heterocycles. The van der Waals surface area contributed by atoms with Crippen LogP contribution in [-0.4, -0.2) is 11.1 Å². The number of carbonyl (C=O) groups is 1. The van der Waals surface area contributed by atoms with Gasteiger partial charge < -0.3 is 5.11 Å². The maximum atomic E-state index is 11.9. The van der Waals surface area contributed by atoms with Crippen molar-refractivity contribution in [3.05, 3.63) is 12.2 Å². The summed E-state index contributed by atoms with van der Waals surface area (Å²) in [6.07, 6.45) is 9.10. The Kier molecular flexibility index (Phi) is 1.97. The van der Waals surface area contributed by atoms with Gasteiger partial charge in [-0.1, -0.05) is 26.0 Å². The van der Waals surface area contributed by atoms with Crippen LogP contribution < -0.4 is 0 Å². The number of aliphatic carboxylic acids is 1. The van der Waals surface area contributed by atoms with Gasteiger partial charge in [0.1, 0.15) is 0 Å². The van der Waals surface area contributed by atoms with Crippen molar-refractivity contribution in [3.8, 4) is 0 Å². The number of carboxylic acid groups (broad SMARTS) is 1. The summed E-state index contributed by atoms with van der Waals surface area (Å²) >= 11 is 0. The third-order valence-corrected chi connectivity index (χ3v) is 6.62. The number of hydrogen-bond acceptors (Lipinski definition) is 1. The molecule has 0 aliphatic heterocycles. The van der Waals surface area contributed by atoms with Crippen molar-refractivity contribution in [3.63, 3.8) is 0 Å². The number of carboxylic acids is 1. The highest BCUT2D eigenvalue weighted by atomic mass is 16.4. The molecule has 2 bridgehead atoms. The smallest absolute Gasteiger partial charge is 0.310 e. The van der Waals surface area contributed by atoms with E-state index in [9.17, 15) is 9.90 Å². The molecule has 5 atom stereocenters. The van der Waals surface area contributed by atoms with Crippen molar-refractivity contribution < 1.29 is 9.90 Å². The minimum Gasteiger partial charge on any atom is -0.481 e. The highest BCUT2D eigenvalue weighted by Crippen LogP contribution is 2.71. The Hall–Kier alpha value is -0.790. The van der Waals surface area contributed by atoms with Crippen LogP contribution in [0.2, 0.25) is 0 Å². The van der Waals surface area contributed by atoms with E-state index in [0.717, 1.165) is 12.8 Å². The number of allylic oxidation sites excluding steroid dienone is 2. The van der Waals surface area contributed by atoms with Crippen LogP contribution in [0.5, 0.6) is 0 Å². The largest absolute Gasteiger partial charge is 0.481 e. The van der Waals surface area contributed by atoms with Gasteiger partial charge in [0.05, 0.1) is 5.41 Å². The van der Waals surface area contributed by atoms with Gasteiger partial charge >= 0.3 is 5.97 Å². The first kappa shape index (κ1) is 11.3. The third-order valence-electron chi connectivity index (χ3n) is 6.62. The van der Waals surface area contributed by atoms with E-state index in [2.05, 4.69) is 26.0 Å². The van der Waals surface area contributed by atoms with Crippen molar-refractivity contribution >= 4 is 5.97 Å². The van der Waals surface area contributed by atoms with Crippen molar-refractivity contribution in [2.45, 2.75) is 46.5 Å². The predicted molar refractivity (Wildman–Crippen MR) is 66.5 cm³/mol. The molecule has 0 aromatic carbocycles. The second kappa shape index (κ2) is 2.96. The minimum atomic E-state index is -0.590. The molecule has 2 heteroatoms. The minimum absolute atomic E-state index is 0.144. The molecule has 4 rings (SSSR count). The maximum Gasteiger partial charge on any atom is 0.310 e. The van der Waals surface area contributed by atoms with E-state index in [1.165, 1.54) is 12.8 Å². The molecular formula is C15H22O2. The van der Waals surface area contributed by atoms with Crippen molar-refractivity contribution in [1.82, 2.24) is 0 Å². The van der Waals surface area contributed by atoms with Crippen LogP contribution in [-0.2, 0) is 4.79 Å². The van der Waals surface area contributed by atoms with Crippen LogP contribution in [0.3, 0.4) is 0 Å². The Morgan fingerprint density at radius 1 is 1.24 bits per heavy atom. The van der Waals surface area contributed by atoms with Gasteiger partial charge in [0.15, 0.2) is 0 Å². The summed E-state index contributed by atoms with van der Waals surface area (Å²) in [6, 6.07) is 0. The lowest BCUT2D eigenvalue weighted by Gasteiger charge is -2.61. The summed E-state index contributed by atoms with van der Waals surface area (Å²) in [7, 11) is 0. The lowest BCUT2D eigenvalue weighted by molar-refractivity contribution is -0.173. The quantitative estimate of drug-likeness (QED) is 0.705. The van der Waals surface area contributed by atoms with E-state index in [1.54, 1.807) is 0 Å². The molecule has 0 radical (unpaired) electrons. The lowest BCUT2D eigenvalue weighted by Crippen LogP contribution is -2.59. The highest BCUT2D eigenvalue weighted by Gasteiger charge is 2.68. The number of rotatable bonds is 1. The molecular weight excluding hydrogens is 212 g/mol. The van der Waals surface area contributed by atoms with Gasteiger partial charge in [0, 0.05) is 5.41 Å². The Morgan fingerprint density at radius 2 is 1.94 bits per heavy atom. The van der Waals surface area contributed by atoms with Crippen molar-refractivity contribution in [2.24, 2.45) is 28.1 Å². The van der Waals surface area contributed by atoms with Crippen LogP contribution in [0.4, 0.5) is 0 Å². The standard InChI is InChI=1S/C15H22O2/c1-10-4-5-11-14(3,12(16)17)13(2)6-8-15(10,11)9-7-13/h6,8,10-11H,4-5,7,9H2,1-3H3,(H,16,17)/t10-,11+,13+,14-,15-/m1/s1. The van der Waals surface area contributed by atoms with Gasteiger partial charge in [-0.3, -0.25) is 4.79 Å². The zero-order chi connectivity index (χ0) is 12.5. The zero-order valence-electron chi connectivity index (χ0n) is 11.0. The Bertz CT molecular complexity index is 413. The average molecular weight is 234 g/mol. The molecule has 4 aliphatic rings. The molecule has 4 aliphatic carbocycles. The fourth-order valence-electron chi connectivity index (χ4n) is 5.03. The van der Waals surface area contributed by atoms with Gasteiger partial charge in [-0.15, -0.1) is 0 Å². The molecule has 0 aromatic rings. The van der Waals surface area contributed by atoms with Crippen LogP contribution in [0.1, 0.15) is 46.5 Å². The zero-order valence-corrected chi connectivity index (χ0v) is 11.0. The SMILES string of the molecule is C[C@@H]1CC[C@@H]2[C@@]13C=C[C@@](C)(CC3)[C@@]2(C)C(=O)O. The first-order valence-electron chi connectivity index (χ1n) is 6.81. The average Bonchev–Trinajstić information content (AvgIpc) is 2.61. The molecule has 2 saturated carbocycles. The third kappa shape index (κ3) is 1.01. The van der Waals surface area contributed by atoms with Crippen molar-refractivity contribution in [1.29, 1.82) is 0 Å². The molecule has 0 aromatic heterocycles. The van der Waals surface area contributed by atoms with Gasteiger partial charge in [0.2, 0.25) is 0 Å². The fourth-order valence-corrected chi connectivity index (χ4v) is 5.03. The highest BCUT2D eigenvalue weighted by molar-refractivity contribution is 5.77. The second-order valence-corrected chi connectivity index (χ2v) is 6.90. The fraction of sp³-hybridized carbons (Fsp3) is 0.800. The topological polar surface area (TPSA) is 37.3 Å². The predicted octanol–water partition coefficient (Wildman–Crippen LogP) is 3.48. The molecule has 94 valence electrons. The molecule has 2 fully saturated rings. The van der Waals surface area contributed by atoms with E-state index in [4.69, 9.17) is 0 Å².